The van der Waals surface area contributed by atoms with Crippen molar-refractivity contribution in [3.05, 3.63) is 0 Å². The van der Waals surface area contributed by atoms with Gasteiger partial charge in [0.2, 0.25) is 0 Å². The van der Waals surface area contributed by atoms with Crippen molar-refractivity contribution >= 4 is 5.97 Å². The molecule has 0 amide bonds. The molecule has 0 aliphatic rings. The second kappa shape index (κ2) is 6.79. The maximum absolute atomic E-state index is 11.0. The molecular formula is C10H20O4. The highest BCUT2D eigenvalue weighted by Gasteiger charge is 2.16. The predicted molar refractivity (Wildman–Crippen MR) is 53.2 cm³/mol. The lowest BCUT2D eigenvalue weighted by atomic mass is 10.1. The normalized spacial score (nSPS) is 11.4. The number of methoxy groups -OCH3 is 1. The molecular weight excluding hydrogens is 184 g/mol. The van der Waals surface area contributed by atoms with E-state index in [2.05, 4.69) is 0 Å². The van der Waals surface area contributed by atoms with E-state index in [0.29, 0.717) is 19.6 Å². The minimum absolute atomic E-state index is 0.0317. The van der Waals surface area contributed by atoms with Crippen molar-refractivity contribution in [2.75, 3.05) is 26.9 Å². The molecule has 0 aromatic heterocycles. The number of ether oxygens (including phenoxy) is 3. The van der Waals surface area contributed by atoms with Gasteiger partial charge in [-0.1, -0.05) is 0 Å². The number of hydrogen-bond donors (Lipinski definition) is 0. The molecule has 0 unspecified atom stereocenters. The van der Waals surface area contributed by atoms with Gasteiger partial charge in [-0.3, -0.25) is 0 Å². The number of carbonyl (C=O) groups excluding carboxylic acids is 1. The Kier molecular flexibility index (Phi) is 6.49. The summed E-state index contributed by atoms with van der Waals surface area (Å²) in [4.78, 5) is 11.0. The van der Waals surface area contributed by atoms with E-state index in [1.165, 1.54) is 0 Å². The van der Waals surface area contributed by atoms with Gasteiger partial charge >= 0.3 is 5.97 Å². The molecule has 0 saturated carbocycles. The molecule has 0 N–H and O–H groups in total. The van der Waals surface area contributed by atoms with Gasteiger partial charge in [0.1, 0.15) is 6.61 Å². The van der Waals surface area contributed by atoms with Gasteiger partial charge in [0.05, 0.1) is 12.2 Å². The zero-order valence-electron chi connectivity index (χ0n) is 9.46. The zero-order chi connectivity index (χ0) is 11.0. The summed E-state index contributed by atoms with van der Waals surface area (Å²) < 4.78 is 15.0. The number of esters is 1. The first kappa shape index (κ1) is 13.4. The molecule has 0 aliphatic heterocycles. The number of rotatable bonds is 7. The molecule has 14 heavy (non-hydrogen) atoms. The molecule has 0 radical (unpaired) electrons. The third kappa shape index (κ3) is 6.86. The highest BCUT2D eigenvalue weighted by Crippen LogP contribution is 2.12. The molecule has 0 rings (SSSR count). The van der Waals surface area contributed by atoms with Crippen LogP contribution in [0.2, 0.25) is 0 Å². The minimum atomic E-state index is -0.321. The van der Waals surface area contributed by atoms with E-state index in [1.54, 1.807) is 7.11 Å². The van der Waals surface area contributed by atoms with Crippen LogP contribution in [0.1, 0.15) is 27.2 Å². The largest absolute Gasteiger partial charge is 0.464 e. The van der Waals surface area contributed by atoms with Crippen LogP contribution >= 0.6 is 0 Å². The molecule has 0 atom stereocenters. The summed E-state index contributed by atoms with van der Waals surface area (Å²) >= 11 is 0. The fourth-order valence-electron chi connectivity index (χ4n) is 0.740. The third-order valence-electron chi connectivity index (χ3n) is 1.94. The molecule has 0 heterocycles. The van der Waals surface area contributed by atoms with Crippen molar-refractivity contribution in [1.82, 2.24) is 0 Å². The highest BCUT2D eigenvalue weighted by atomic mass is 16.6. The molecule has 0 saturated heterocycles. The SMILES string of the molecule is CCOCC(=O)OCCC(C)(C)OC. The van der Waals surface area contributed by atoms with E-state index in [-0.39, 0.29) is 18.2 Å². The lowest BCUT2D eigenvalue weighted by Gasteiger charge is -2.22. The van der Waals surface area contributed by atoms with Gasteiger partial charge in [-0.15, -0.1) is 0 Å². The van der Waals surface area contributed by atoms with Crippen LogP contribution < -0.4 is 0 Å². The van der Waals surface area contributed by atoms with E-state index < -0.39 is 0 Å². The summed E-state index contributed by atoms with van der Waals surface area (Å²) in [5.41, 5.74) is -0.244. The smallest absolute Gasteiger partial charge is 0.332 e. The molecule has 0 spiro atoms. The number of hydrogen-bond acceptors (Lipinski definition) is 4. The van der Waals surface area contributed by atoms with Gasteiger partial charge < -0.3 is 14.2 Å². The van der Waals surface area contributed by atoms with Gasteiger partial charge in [0.15, 0.2) is 0 Å². The van der Waals surface area contributed by atoms with Crippen LogP contribution in [0, 0.1) is 0 Å². The van der Waals surface area contributed by atoms with Crippen LogP contribution in [0.4, 0.5) is 0 Å². The summed E-state index contributed by atoms with van der Waals surface area (Å²) in [5.74, 6) is -0.321. The Morgan fingerprint density at radius 3 is 2.50 bits per heavy atom. The van der Waals surface area contributed by atoms with Crippen molar-refractivity contribution in [3.8, 4) is 0 Å². The predicted octanol–water partition coefficient (Wildman–Crippen LogP) is 1.38. The Balaban J connectivity index is 3.49. The van der Waals surface area contributed by atoms with E-state index in [9.17, 15) is 4.79 Å². The fourth-order valence-corrected chi connectivity index (χ4v) is 0.740. The summed E-state index contributed by atoms with van der Waals surface area (Å²) in [7, 11) is 1.64. The average molecular weight is 204 g/mol. The van der Waals surface area contributed by atoms with Crippen molar-refractivity contribution < 1.29 is 19.0 Å². The first-order chi connectivity index (χ1) is 6.52. The van der Waals surface area contributed by atoms with Gasteiger partial charge in [0, 0.05) is 20.1 Å². The lowest BCUT2D eigenvalue weighted by molar-refractivity contribution is -0.150. The maximum atomic E-state index is 11.0. The van der Waals surface area contributed by atoms with Crippen LogP contribution in [-0.4, -0.2) is 38.5 Å². The van der Waals surface area contributed by atoms with Gasteiger partial charge in [-0.2, -0.15) is 0 Å². The fraction of sp³-hybridized carbons (Fsp3) is 0.900. The van der Waals surface area contributed by atoms with Crippen molar-refractivity contribution in [3.63, 3.8) is 0 Å². The Morgan fingerprint density at radius 1 is 1.36 bits per heavy atom. The van der Waals surface area contributed by atoms with Crippen LogP contribution in [0.3, 0.4) is 0 Å². The molecule has 0 fully saturated rings. The molecule has 84 valence electrons. The number of carbonyl (C=O) groups is 1. The quantitative estimate of drug-likeness (QED) is 0.588. The summed E-state index contributed by atoms with van der Waals surface area (Å²) in [6.07, 6.45) is 0.682. The van der Waals surface area contributed by atoms with Gasteiger partial charge in [-0.25, -0.2) is 4.79 Å². The third-order valence-corrected chi connectivity index (χ3v) is 1.94. The zero-order valence-corrected chi connectivity index (χ0v) is 9.46. The summed E-state index contributed by atoms with van der Waals surface area (Å²) in [5, 5.41) is 0. The lowest BCUT2D eigenvalue weighted by Crippen LogP contribution is -2.25. The average Bonchev–Trinajstić information content (AvgIpc) is 2.14. The highest BCUT2D eigenvalue weighted by molar-refractivity contribution is 5.70. The van der Waals surface area contributed by atoms with E-state index >= 15 is 0 Å². The van der Waals surface area contributed by atoms with E-state index in [4.69, 9.17) is 14.2 Å². The minimum Gasteiger partial charge on any atom is -0.464 e. The van der Waals surface area contributed by atoms with E-state index in [0.717, 1.165) is 0 Å². The first-order valence-corrected chi connectivity index (χ1v) is 4.80. The molecule has 0 bridgehead atoms. The van der Waals surface area contributed by atoms with Crippen molar-refractivity contribution in [2.24, 2.45) is 0 Å². The van der Waals surface area contributed by atoms with E-state index in [1.807, 2.05) is 20.8 Å². The monoisotopic (exact) mass is 204 g/mol. The first-order valence-electron chi connectivity index (χ1n) is 4.80. The Labute approximate surface area is 85.5 Å². The van der Waals surface area contributed by atoms with Crippen molar-refractivity contribution in [2.45, 2.75) is 32.8 Å². The standard InChI is InChI=1S/C10H20O4/c1-5-13-8-9(11)14-7-6-10(2,3)12-4/h5-8H2,1-4H3. The molecule has 4 heteroatoms. The van der Waals surface area contributed by atoms with Gasteiger partial charge in [-0.05, 0) is 20.8 Å². The molecule has 0 aliphatic carbocycles. The topological polar surface area (TPSA) is 44.8 Å². The van der Waals surface area contributed by atoms with Crippen LogP contribution in [0.15, 0.2) is 0 Å². The second-order valence-electron chi connectivity index (χ2n) is 3.57. The molecule has 0 aromatic rings. The summed E-state index contributed by atoms with van der Waals surface area (Å²) in [6.45, 7) is 6.66. The summed E-state index contributed by atoms with van der Waals surface area (Å²) in [6, 6.07) is 0. The Morgan fingerprint density at radius 2 is 2.00 bits per heavy atom. The van der Waals surface area contributed by atoms with Gasteiger partial charge in [0.25, 0.3) is 0 Å². The molecule has 4 nitrogen and oxygen atoms in total. The van der Waals surface area contributed by atoms with Crippen LogP contribution in [0.5, 0.6) is 0 Å². The second-order valence-corrected chi connectivity index (χ2v) is 3.57. The Hall–Kier alpha value is -0.610. The Bertz CT molecular complexity index is 166. The maximum Gasteiger partial charge on any atom is 0.332 e. The van der Waals surface area contributed by atoms with Crippen molar-refractivity contribution in [1.29, 1.82) is 0 Å². The van der Waals surface area contributed by atoms with Crippen LogP contribution in [-0.2, 0) is 19.0 Å². The molecule has 0 aromatic carbocycles. The van der Waals surface area contributed by atoms with Crippen LogP contribution in [0.25, 0.3) is 0 Å².